The van der Waals surface area contributed by atoms with Gasteiger partial charge >= 0.3 is 6.09 Å². The monoisotopic (exact) mass is 753 g/mol. The molecule has 4 rings (SSSR count). The van der Waals surface area contributed by atoms with Crippen LogP contribution in [0.25, 0.3) is 0 Å². The number of anilines is 4. The van der Waals surface area contributed by atoms with E-state index in [-0.39, 0.29) is 22.4 Å². The Bertz CT molecular complexity index is 1890. The van der Waals surface area contributed by atoms with Crippen LogP contribution in [-0.4, -0.2) is 71.4 Å². The van der Waals surface area contributed by atoms with Crippen molar-refractivity contribution in [3.05, 3.63) is 81.5 Å². The number of rotatable bonds is 13. The summed E-state index contributed by atoms with van der Waals surface area (Å²) >= 11 is 14.0. The minimum absolute atomic E-state index is 0.0469. The summed E-state index contributed by atoms with van der Waals surface area (Å²) in [6.45, 7) is 5.90. The first kappa shape index (κ1) is 37.8. The maximum absolute atomic E-state index is 15.9. The van der Waals surface area contributed by atoms with E-state index >= 15 is 4.39 Å². The first-order valence-corrected chi connectivity index (χ1v) is 18.0. The third-order valence-corrected chi connectivity index (χ3v) is 10.4. The summed E-state index contributed by atoms with van der Waals surface area (Å²) in [6.07, 6.45) is 1.000. The molecule has 0 fully saturated rings. The zero-order valence-electron chi connectivity index (χ0n) is 28.1. The van der Waals surface area contributed by atoms with Crippen molar-refractivity contribution in [2.24, 2.45) is 0 Å². The van der Waals surface area contributed by atoms with Crippen molar-refractivity contribution in [2.45, 2.75) is 37.8 Å². The van der Waals surface area contributed by atoms with E-state index < -0.39 is 32.4 Å². The lowest BCUT2D eigenvalue weighted by atomic mass is 10.2. The van der Waals surface area contributed by atoms with Crippen LogP contribution in [0.15, 0.2) is 65.0 Å². The van der Waals surface area contributed by atoms with Crippen LogP contribution in [0.4, 0.5) is 31.4 Å². The molecule has 0 unspecified atom stereocenters. The predicted molar refractivity (Wildman–Crippen MR) is 193 cm³/mol. The Hall–Kier alpha value is -3.98. The van der Waals surface area contributed by atoms with Crippen LogP contribution in [0.3, 0.4) is 0 Å². The van der Waals surface area contributed by atoms with Gasteiger partial charge in [0.1, 0.15) is 27.8 Å². The van der Waals surface area contributed by atoms with E-state index in [1.54, 1.807) is 69.6 Å². The van der Waals surface area contributed by atoms with Crippen LogP contribution in [0.1, 0.15) is 26.3 Å². The second-order valence-corrected chi connectivity index (χ2v) is 15.4. The average molecular weight is 755 g/mol. The lowest BCUT2D eigenvalue weighted by Gasteiger charge is -2.28. The Morgan fingerprint density at radius 3 is 2.37 bits per heavy atom. The van der Waals surface area contributed by atoms with Crippen LogP contribution in [0.5, 0.6) is 11.5 Å². The van der Waals surface area contributed by atoms with E-state index in [1.165, 1.54) is 25.3 Å². The number of halogens is 3. The number of amides is 1. The molecule has 0 saturated heterocycles. The number of benzene rings is 3. The lowest BCUT2D eigenvalue weighted by molar-refractivity contribution is 0.0303. The van der Waals surface area contributed by atoms with Gasteiger partial charge in [-0.1, -0.05) is 23.2 Å². The number of ether oxygens (including phenoxy) is 3. The molecular weight excluding hydrogens is 716 g/mol. The molecule has 0 aliphatic carbocycles. The minimum atomic E-state index is -4.53. The van der Waals surface area contributed by atoms with Gasteiger partial charge in [0, 0.05) is 61.5 Å². The van der Waals surface area contributed by atoms with Crippen molar-refractivity contribution in [1.82, 2.24) is 9.88 Å². The number of thiazole rings is 1. The number of methoxy groups -OCH3 is 2. The predicted octanol–water partition coefficient (Wildman–Crippen LogP) is 8.05. The molecule has 0 bridgehead atoms. The maximum Gasteiger partial charge on any atom is 0.410 e. The van der Waals surface area contributed by atoms with Gasteiger partial charge in [-0.05, 0) is 57.2 Å². The molecule has 4 aromatic rings. The maximum atomic E-state index is 15.9. The summed E-state index contributed by atoms with van der Waals surface area (Å²) in [5.41, 5.74) is 1.14. The summed E-state index contributed by atoms with van der Waals surface area (Å²) in [5.74, 6) is -0.124. The molecule has 1 aromatic heterocycles. The quantitative estimate of drug-likeness (QED) is 0.145. The topological polar surface area (TPSA) is 114 Å². The summed E-state index contributed by atoms with van der Waals surface area (Å²) in [6, 6.07) is 12.1. The number of hydrogen-bond acceptors (Lipinski definition) is 10. The first-order chi connectivity index (χ1) is 23.0. The van der Waals surface area contributed by atoms with E-state index in [2.05, 4.69) is 10.3 Å². The van der Waals surface area contributed by atoms with Crippen LogP contribution in [-0.2, 0) is 21.3 Å². The second kappa shape index (κ2) is 15.7. The molecule has 1 heterocycles. The SMILES string of the molecule is COc1ccc(CN(c2nccs2)S(=O)(=O)c2cc(Cl)c(Nc3ccc(Cl)cc3N(C)CCN(C)C(=O)OC(C)(C)C)cc2F)c(OC)c1. The van der Waals surface area contributed by atoms with E-state index in [1.807, 2.05) is 11.9 Å². The first-order valence-electron chi connectivity index (χ1n) is 14.9. The normalized spacial score (nSPS) is 11.6. The molecule has 0 saturated carbocycles. The van der Waals surface area contributed by atoms with Crippen LogP contribution < -0.4 is 24.0 Å². The number of nitrogens with one attached hydrogen (secondary N) is 1. The molecule has 1 amide bonds. The largest absolute Gasteiger partial charge is 0.497 e. The highest BCUT2D eigenvalue weighted by molar-refractivity contribution is 7.93. The number of sulfonamides is 1. The lowest BCUT2D eigenvalue weighted by Crippen LogP contribution is -2.38. The van der Waals surface area contributed by atoms with Gasteiger partial charge in [0.25, 0.3) is 10.0 Å². The Morgan fingerprint density at radius 2 is 1.73 bits per heavy atom. The van der Waals surface area contributed by atoms with Crippen LogP contribution >= 0.6 is 34.5 Å². The number of hydrogen-bond donors (Lipinski definition) is 1. The van der Waals surface area contributed by atoms with Crippen molar-refractivity contribution in [3.8, 4) is 11.5 Å². The fourth-order valence-electron chi connectivity index (χ4n) is 4.60. The number of carbonyl (C=O) groups is 1. The van der Waals surface area contributed by atoms with Crippen LogP contribution in [0, 0.1) is 5.82 Å². The van der Waals surface area contributed by atoms with Gasteiger partial charge in [0.05, 0.1) is 42.8 Å². The van der Waals surface area contributed by atoms with Gasteiger partial charge in [-0.25, -0.2) is 26.9 Å². The summed E-state index contributed by atoms with van der Waals surface area (Å²) in [7, 11) is 1.88. The Kier molecular flexibility index (Phi) is 12.1. The molecule has 3 aromatic carbocycles. The number of carbonyl (C=O) groups excluding carboxylic acids is 1. The fourth-order valence-corrected chi connectivity index (χ4v) is 7.38. The highest BCUT2D eigenvalue weighted by Gasteiger charge is 2.32. The highest BCUT2D eigenvalue weighted by Crippen LogP contribution is 2.38. The molecule has 264 valence electrons. The summed E-state index contributed by atoms with van der Waals surface area (Å²) < 4.78 is 61.2. The van der Waals surface area contributed by atoms with Gasteiger partial charge in [0.15, 0.2) is 5.13 Å². The number of likely N-dealkylation sites (N-methyl/N-ethyl adjacent to an activating group) is 2. The molecule has 0 radical (unpaired) electrons. The van der Waals surface area contributed by atoms with Crippen molar-refractivity contribution < 1.29 is 31.8 Å². The number of aromatic nitrogens is 1. The zero-order valence-corrected chi connectivity index (χ0v) is 31.2. The minimum Gasteiger partial charge on any atom is -0.497 e. The van der Waals surface area contributed by atoms with Crippen molar-refractivity contribution >= 4 is 72.8 Å². The molecule has 11 nitrogen and oxygen atoms in total. The van der Waals surface area contributed by atoms with Crippen molar-refractivity contribution in [3.63, 3.8) is 0 Å². The van der Waals surface area contributed by atoms with Crippen LogP contribution in [0.2, 0.25) is 10.0 Å². The Labute approximate surface area is 300 Å². The standard InChI is InChI=1S/C33H38Cl2FN5O6S2/c1-33(2,3)47-32(42)40(5)14-13-39(4)28-16-22(34)9-11-26(28)38-27-19-25(36)30(18-24(27)35)49(43,44)41(31-37-12-15-48-31)20-21-8-10-23(45-6)17-29(21)46-7/h8-12,15-19,38H,13-14,20H2,1-7H3. The van der Waals surface area contributed by atoms with Gasteiger partial charge < -0.3 is 29.3 Å². The molecule has 49 heavy (non-hydrogen) atoms. The van der Waals surface area contributed by atoms with E-state index in [4.69, 9.17) is 37.4 Å². The molecule has 0 atom stereocenters. The van der Waals surface area contributed by atoms with Gasteiger partial charge in [-0.15, -0.1) is 11.3 Å². The smallest absolute Gasteiger partial charge is 0.410 e. The fraction of sp³-hybridized carbons (Fsp3) is 0.333. The summed E-state index contributed by atoms with van der Waals surface area (Å²) in [4.78, 5) is 19.3. The Balaban J connectivity index is 1.62. The highest BCUT2D eigenvalue weighted by atomic mass is 35.5. The third-order valence-electron chi connectivity index (χ3n) is 7.15. The summed E-state index contributed by atoms with van der Waals surface area (Å²) in [5, 5.41) is 5.25. The number of nitrogens with zero attached hydrogens (tertiary/aromatic N) is 4. The van der Waals surface area contributed by atoms with E-state index in [0.717, 1.165) is 27.8 Å². The average Bonchev–Trinajstić information content (AvgIpc) is 3.58. The molecule has 0 spiro atoms. The third kappa shape index (κ3) is 9.38. The van der Waals surface area contributed by atoms with Crippen molar-refractivity contribution in [1.29, 1.82) is 0 Å². The molecule has 0 aliphatic heterocycles. The van der Waals surface area contributed by atoms with Gasteiger partial charge in [-0.2, -0.15) is 0 Å². The van der Waals surface area contributed by atoms with E-state index in [9.17, 15) is 13.2 Å². The van der Waals surface area contributed by atoms with Gasteiger partial charge in [-0.3, -0.25) is 0 Å². The molecule has 16 heteroatoms. The Morgan fingerprint density at radius 1 is 1.00 bits per heavy atom. The zero-order chi connectivity index (χ0) is 36.1. The van der Waals surface area contributed by atoms with Crippen molar-refractivity contribution in [2.75, 3.05) is 55.9 Å². The van der Waals surface area contributed by atoms with E-state index in [0.29, 0.717) is 46.5 Å². The molecule has 0 aliphatic rings. The molecular formula is C33H38Cl2FN5O6S2. The second-order valence-electron chi connectivity index (χ2n) is 11.9. The molecule has 1 N–H and O–H groups in total. The van der Waals surface area contributed by atoms with Gasteiger partial charge in [0.2, 0.25) is 0 Å².